The minimum atomic E-state index is -1.52. The first-order chi connectivity index (χ1) is 61.2. The highest BCUT2D eigenvalue weighted by Crippen LogP contribution is 2.34. The molecule has 3 fully saturated rings. The van der Waals surface area contributed by atoms with Gasteiger partial charge in [-0.1, -0.05) is 84.5 Å². The van der Waals surface area contributed by atoms with Gasteiger partial charge in [-0.2, -0.15) is 0 Å². The molecule has 1 aromatic heterocycles. The first kappa shape index (κ1) is 113. The number of carbonyl (C=O) groups excluding carboxylic acids is 17. The van der Waals surface area contributed by atoms with Gasteiger partial charge in [-0.3, -0.25) is 96.7 Å². The fourth-order valence-electron chi connectivity index (χ4n) is 16.9. The van der Waals surface area contributed by atoms with Crippen LogP contribution in [0.3, 0.4) is 0 Å². The second kappa shape index (κ2) is 58.8. The molecule has 0 aromatic carbocycles. The number of amides is 10. The zero-order chi connectivity index (χ0) is 97.5. The molecule has 0 radical (unpaired) electrons. The highest BCUT2D eigenvalue weighted by Gasteiger charge is 2.43. The van der Waals surface area contributed by atoms with E-state index in [1.165, 1.54) is 53.4 Å². The summed E-state index contributed by atoms with van der Waals surface area (Å²) in [6.07, 6.45) is 13.0. The maximum Gasteiger partial charge on any atom is 0.240 e. The van der Waals surface area contributed by atoms with Crippen LogP contribution in [0.25, 0.3) is 0 Å². The van der Waals surface area contributed by atoms with Gasteiger partial charge in [-0.25, -0.2) is 0 Å². The van der Waals surface area contributed by atoms with Crippen molar-refractivity contribution < 1.29 is 91.7 Å². The van der Waals surface area contributed by atoms with Crippen molar-refractivity contribution in [2.75, 3.05) is 39.3 Å². The number of nitrogens with one attached hydrogen (secondary N) is 6. The summed E-state index contributed by atoms with van der Waals surface area (Å²) in [5.41, 5.74) is 53.1. The van der Waals surface area contributed by atoms with Crippen LogP contribution >= 0.6 is 0 Å². The van der Waals surface area contributed by atoms with E-state index in [0.29, 0.717) is 50.6 Å². The summed E-state index contributed by atoms with van der Waals surface area (Å²) in [6.45, 7) is 12.4. The van der Waals surface area contributed by atoms with Gasteiger partial charge in [0, 0.05) is 126 Å². The summed E-state index contributed by atoms with van der Waals surface area (Å²) in [6, 6.07) is -2.64. The van der Waals surface area contributed by atoms with Gasteiger partial charge in [-0.15, -0.1) is 0 Å². The molecule has 0 spiro atoms. The Hall–Kier alpha value is -10.8. The van der Waals surface area contributed by atoms with Crippen molar-refractivity contribution in [2.24, 2.45) is 125 Å². The van der Waals surface area contributed by atoms with E-state index in [4.69, 9.17) is 57.3 Å². The van der Waals surface area contributed by atoms with E-state index < -0.39 is 184 Å². The van der Waals surface area contributed by atoms with E-state index in [0.717, 1.165) is 77.0 Å². The first-order valence-corrected chi connectivity index (χ1v) is 45.9. The molecular weight excluding hydrogens is 1680 g/mol. The average molecular weight is 1830 g/mol. The number of rotatable bonds is 62. The molecule has 28 N–H and O–H groups in total. The van der Waals surface area contributed by atoms with Crippen LogP contribution in [0.1, 0.15) is 273 Å². The number of pyridine rings is 1. The quantitative estimate of drug-likeness (QED) is 0.0242. The molecule has 2 aliphatic carbocycles. The Kier molecular flexibility index (Phi) is 51.3. The van der Waals surface area contributed by atoms with Crippen molar-refractivity contribution in [2.45, 2.75) is 322 Å². The van der Waals surface area contributed by atoms with E-state index in [1.54, 1.807) is 24.5 Å². The normalized spacial score (nSPS) is 17.0. The van der Waals surface area contributed by atoms with Gasteiger partial charge in [0.25, 0.3) is 0 Å². The number of nitrogens with two attached hydrogens (primary N) is 10. The van der Waals surface area contributed by atoms with E-state index in [2.05, 4.69) is 51.9 Å². The molecule has 40 heteroatoms. The minimum Gasteiger partial charge on any atom is -0.396 e. The predicted octanol–water partition coefficient (Wildman–Crippen LogP) is 0.648. The molecule has 1 aliphatic heterocycles. The van der Waals surface area contributed by atoms with Gasteiger partial charge in [0.1, 0.15) is 23.7 Å². The van der Waals surface area contributed by atoms with Gasteiger partial charge >= 0.3 is 0 Å². The maximum atomic E-state index is 14.7. The van der Waals surface area contributed by atoms with E-state index in [1.807, 2.05) is 6.92 Å². The Morgan fingerprint density at radius 2 is 0.977 bits per heavy atom. The second-order valence-corrected chi connectivity index (χ2v) is 36.7. The maximum absolute atomic E-state index is 14.7. The zero-order valence-electron chi connectivity index (χ0n) is 77.6. The number of hydrogen-bond acceptors (Lipinski definition) is 24. The lowest BCUT2D eigenvalue weighted by Gasteiger charge is -2.32. The number of ketones is 7. The minimum absolute atomic E-state index is 0.0205. The molecule has 0 bridgehead atoms. The molecule has 130 heavy (non-hydrogen) atoms. The lowest BCUT2D eigenvalue weighted by Crippen LogP contribution is -2.53. The Labute approximate surface area is 763 Å². The number of aliphatic imine (C=N–C) groups is 3. The third-order valence-corrected chi connectivity index (χ3v) is 24.2. The van der Waals surface area contributed by atoms with Crippen molar-refractivity contribution in [1.29, 1.82) is 0 Å². The monoisotopic (exact) mass is 1830 g/mol. The smallest absolute Gasteiger partial charge is 0.240 e. The molecule has 4 rings (SSSR count). The number of carbonyl (C=O) groups is 17. The number of hydrogen-bond donors (Lipinski definition) is 18. The van der Waals surface area contributed by atoms with Crippen LogP contribution in [-0.4, -0.2) is 225 Å². The fourth-order valence-corrected chi connectivity index (χ4v) is 16.9. The van der Waals surface area contributed by atoms with Gasteiger partial charge < -0.3 is 109 Å². The number of likely N-dealkylation sites (tertiary alicyclic amines) is 1. The number of guanidine groups is 3. The van der Waals surface area contributed by atoms with Gasteiger partial charge in [0.2, 0.25) is 59.1 Å². The van der Waals surface area contributed by atoms with Crippen molar-refractivity contribution >= 4 is 117 Å². The van der Waals surface area contributed by atoms with Crippen LogP contribution in [0.2, 0.25) is 0 Å². The summed E-state index contributed by atoms with van der Waals surface area (Å²) < 4.78 is 0. The second-order valence-electron chi connectivity index (χ2n) is 36.7. The van der Waals surface area contributed by atoms with Gasteiger partial charge in [0.15, 0.2) is 46.8 Å². The summed E-state index contributed by atoms with van der Waals surface area (Å²) in [4.78, 5) is 245. The van der Waals surface area contributed by atoms with Crippen molar-refractivity contribution in [1.82, 2.24) is 41.8 Å². The lowest BCUT2D eigenvalue weighted by atomic mass is 9.79. The van der Waals surface area contributed by atoms with Crippen molar-refractivity contribution in [3.8, 4) is 0 Å². The fraction of sp³-hybridized carbons (Fsp3) is 0.722. The molecule has 10 amide bonds. The summed E-state index contributed by atoms with van der Waals surface area (Å²) in [5, 5.41) is 37.0. The molecule has 13 atom stereocenters. The number of aliphatic hydroxyl groups excluding tert-OH is 2. The highest BCUT2D eigenvalue weighted by molar-refractivity contribution is 6.01. The third-order valence-electron chi connectivity index (χ3n) is 24.2. The molecule has 2 heterocycles. The van der Waals surface area contributed by atoms with E-state index in [9.17, 15) is 91.7 Å². The largest absolute Gasteiger partial charge is 0.396 e. The van der Waals surface area contributed by atoms with Crippen molar-refractivity contribution in [3.05, 3.63) is 30.1 Å². The zero-order valence-corrected chi connectivity index (χ0v) is 77.6. The van der Waals surface area contributed by atoms with Crippen LogP contribution in [0.5, 0.6) is 0 Å². The Morgan fingerprint density at radius 3 is 1.45 bits per heavy atom. The van der Waals surface area contributed by atoms with Gasteiger partial charge in [-0.05, 0) is 168 Å². The van der Waals surface area contributed by atoms with Crippen LogP contribution < -0.4 is 89.2 Å². The molecule has 1 aromatic rings. The lowest BCUT2D eigenvalue weighted by molar-refractivity contribution is -0.144. The number of aliphatic hydroxyl groups is 2. The summed E-state index contributed by atoms with van der Waals surface area (Å²) in [5.74, 6) is -16.0. The van der Waals surface area contributed by atoms with Crippen LogP contribution in [-0.2, 0) is 87.9 Å². The van der Waals surface area contributed by atoms with Crippen molar-refractivity contribution in [3.63, 3.8) is 0 Å². The predicted molar refractivity (Wildman–Crippen MR) is 489 cm³/mol. The molecule has 40 nitrogen and oxygen atoms in total. The molecule has 3 aliphatic rings. The standard InChI is InChI=1S/C51H82N10O10.C39H69N11O9/c1-32(12-8-9-19-52)58-47(69)38(30-45(53)67)29-44(66)51(3,4)60-48(70)37(25-34-13-6-5-7-14-34)28-42(64)40(26-35-17-21-56-22-18-35)59-46(68)36(15-10-20-57-50(54)55)27-43(65)41-16-11-23-61(41)49(71)39(31-62)24-33(2)63;1-22(51)21-39(3,4)36(59)50-32(23(2)52)30(54)20-26(13-9-17-47-38(44)45)34(57)48-27(14-15-31(40)55)29(53)19-25(12-8-16-46-37(42)43)35(58)49-28(33(41)56)18-24-10-6-5-7-11-24/h17-18,21-22,32,34,36-41,62H,5-16,19-20,23-31,52H2,1-4H3,(H2,53,67)(H,58,69)(H,59,68)(H,60,70)(H4,54,55,57);23-28,32,52H,5-21H2,1-4H3,(H2,40,55)(H2,41,56)(H,48,57)(H,49,58)(H,50,59)(H4,42,43,46)(H4,44,45,47)/t32-,36-,37-,38+,39+,40+,41-;23-,25-,26-,27+,28+,32+/m11/s1. The summed E-state index contributed by atoms with van der Waals surface area (Å²) in [7, 11) is 0. The van der Waals surface area contributed by atoms with Crippen LogP contribution in [0.15, 0.2) is 39.5 Å². The van der Waals surface area contributed by atoms with Crippen LogP contribution in [0, 0.1) is 52.8 Å². The Morgan fingerprint density at radius 1 is 0.492 bits per heavy atom. The van der Waals surface area contributed by atoms with Crippen LogP contribution in [0.4, 0.5) is 0 Å². The molecule has 2 saturated carbocycles. The average Bonchev–Trinajstić information content (AvgIpc) is 1.42. The number of nitrogens with zero attached hydrogens (tertiary/aromatic N) is 5. The molecular formula is C90H151N21O19. The number of primary amides is 3. The SMILES string of the molecule is CC(=O)CC(C)(C)C(=O)N[C@H](C(=O)C[C@@H](CCCN=C(N)N)C(=O)N[C@@H](CCC(N)=O)C(=O)C[C@@H](CCCN=C(N)N)C(=O)N[C@@H](CC1CCCCC1)C(N)=O)[C@@H](C)O.CC(=O)C[C@@H](CO)C(=O)N1CCC[C@@H]1C(=O)C[C@@H](CCCN=C(N)N)C(=O)N[C@@H](Cc1ccncc1)C(=O)C[C@@H](CC1CCCCC1)C(=O)NC(C)(C)C(=O)C[C@@H](CC(N)=O)C(=O)N[C@H](C)CCCCN. The number of unbranched alkanes of at least 4 members (excludes halogenated alkanes) is 1. The first-order valence-electron chi connectivity index (χ1n) is 45.9. The number of aromatic nitrogens is 1. The highest BCUT2D eigenvalue weighted by atomic mass is 16.3. The van der Waals surface area contributed by atoms with E-state index >= 15 is 0 Å². The number of Topliss-reactive ketones (excluding diaryl/α,β-unsaturated/α-hetero) is 7. The van der Waals surface area contributed by atoms with E-state index in [-0.39, 0.29) is 169 Å². The molecule has 1 saturated heterocycles. The van der Waals surface area contributed by atoms with Gasteiger partial charge in [0.05, 0.1) is 53.6 Å². The third kappa shape index (κ3) is 43.8. The topological polar surface area (TPSA) is 716 Å². The summed E-state index contributed by atoms with van der Waals surface area (Å²) >= 11 is 0. The Bertz CT molecular complexity index is 4000. The molecule has 730 valence electrons. The molecule has 0 unspecified atom stereocenters. The Balaban J connectivity index is 0.000000683.